The van der Waals surface area contributed by atoms with Crippen LogP contribution in [0.4, 0.5) is 11.4 Å². The molecule has 5 nitrogen and oxygen atoms in total. The molecule has 0 spiro atoms. The highest BCUT2D eigenvalue weighted by atomic mass is 35.5. The van der Waals surface area contributed by atoms with Crippen molar-refractivity contribution in [1.29, 1.82) is 0 Å². The van der Waals surface area contributed by atoms with Gasteiger partial charge in [-0.05, 0) is 55.5 Å². The van der Waals surface area contributed by atoms with E-state index in [9.17, 15) is 4.79 Å². The smallest absolute Gasteiger partial charge is 0.228 e. The lowest BCUT2D eigenvalue weighted by Crippen LogP contribution is -2.46. The van der Waals surface area contributed by atoms with Crippen LogP contribution in [0.15, 0.2) is 36.4 Å². The quantitative estimate of drug-likeness (QED) is 0.588. The molecule has 1 aliphatic carbocycles. The highest BCUT2D eigenvalue weighted by Crippen LogP contribution is 2.53. The fourth-order valence-corrected chi connectivity index (χ4v) is 4.92. The highest BCUT2D eigenvalue weighted by molar-refractivity contribution is 6.43. The Morgan fingerprint density at radius 1 is 1.13 bits per heavy atom. The van der Waals surface area contributed by atoms with Crippen molar-refractivity contribution in [1.82, 2.24) is 4.90 Å². The van der Waals surface area contributed by atoms with Crippen molar-refractivity contribution >= 4 is 40.5 Å². The Labute approximate surface area is 194 Å². The number of hydrogen-bond donors (Lipinski definition) is 1. The van der Waals surface area contributed by atoms with E-state index in [0.29, 0.717) is 23.1 Å². The third-order valence-electron chi connectivity index (χ3n) is 6.38. The first-order valence-electron chi connectivity index (χ1n) is 11.5. The molecule has 7 heteroatoms. The molecular formula is C24H27Cl2N3O2. The number of halogens is 2. The van der Waals surface area contributed by atoms with E-state index in [-0.39, 0.29) is 11.8 Å². The minimum Gasteiger partial charge on any atom is -0.494 e. The molecule has 1 N–H and O–H groups in total. The molecular weight excluding hydrogens is 433 g/mol. The van der Waals surface area contributed by atoms with Gasteiger partial charge in [0.25, 0.3) is 0 Å². The van der Waals surface area contributed by atoms with Gasteiger partial charge in [0.2, 0.25) is 5.91 Å². The van der Waals surface area contributed by atoms with E-state index >= 15 is 0 Å². The summed E-state index contributed by atoms with van der Waals surface area (Å²) in [6.45, 7) is 5.57. The Balaban J connectivity index is 1.04. The fraction of sp³-hybridized carbons (Fsp3) is 0.458. The average Bonchev–Trinajstić information content (AvgIpc) is 3.50. The van der Waals surface area contributed by atoms with Crippen LogP contribution in [0.2, 0.25) is 10.0 Å². The first-order valence-corrected chi connectivity index (χ1v) is 11.7. The van der Waals surface area contributed by atoms with Crippen LogP contribution in [0, 0.1) is 5.92 Å². The molecule has 5 rings (SSSR count). The Morgan fingerprint density at radius 2 is 1.97 bits per heavy atom. The predicted molar refractivity (Wildman–Crippen MR) is 126 cm³/mol. The van der Waals surface area contributed by atoms with Crippen molar-refractivity contribution in [3.63, 3.8) is 0 Å². The van der Waals surface area contributed by atoms with E-state index in [2.05, 4.69) is 15.1 Å². The lowest BCUT2D eigenvalue weighted by Gasteiger charge is -2.36. The number of carbonyl (C=O) groups is 1. The number of nitrogens with zero attached hydrogens (tertiary/aromatic N) is 2. The van der Waals surface area contributed by atoms with Crippen molar-refractivity contribution in [2.75, 3.05) is 49.5 Å². The van der Waals surface area contributed by atoms with Crippen molar-refractivity contribution < 1.29 is 10.9 Å². The number of benzene rings is 2. The molecule has 2 aliphatic heterocycles. The number of ether oxygens (including phenoxy) is 1. The van der Waals surface area contributed by atoms with E-state index in [1.165, 1.54) is 0 Å². The van der Waals surface area contributed by atoms with Crippen LogP contribution >= 0.6 is 23.2 Å². The molecule has 0 bridgehead atoms. The summed E-state index contributed by atoms with van der Waals surface area (Å²) in [5, 5.41) is 4.15. The van der Waals surface area contributed by atoms with Gasteiger partial charge in [-0.15, -0.1) is 0 Å². The number of unbranched alkanes of at least 4 members (excludes halogenated alkanes) is 1. The normalized spacial score (nSPS) is 25.4. The molecule has 0 aromatic heterocycles. The fourth-order valence-electron chi connectivity index (χ4n) is 4.50. The lowest BCUT2D eigenvalue weighted by atomic mass is 10.0. The van der Waals surface area contributed by atoms with E-state index in [4.69, 9.17) is 29.3 Å². The maximum Gasteiger partial charge on any atom is 0.228 e. The zero-order valence-electron chi connectivity index (χ0n) is 18.4. The predicted octanol–water partition coefficient (Wildman–Crippen LogP) is 5.03. The summed E-state index contributed by atoms with van der Waals surface area (Å²) in [5.74, 6) is -0.203. The maximum absolute atomic E-state index is 12.0. The molecule has 2 fully saturated rings. The number of rotatable bonds is 7. The van der Waals surface area contributed by atoms with Gasteiger partial charge in [-0.3, -0.25) is 9.69 Å². The lowest BCUT2D eigenvalue weighted by molar-refractivity contribution is -0.117. The van der Waals surface area contributed by atoms with Crippen LogP contribution in [0.5, 0.6) is 5.75 Å². The van der Waals surface area contributed by atoms with E-state index in [1.54, 1.807) is 0 Å². The number of piperazine rings is 1. The molecule has 3 aliphatic rings. The minimum absolute atomic E-state index is 0.0395. The number of anilines is 2. The Hall–Kier alpha value is -1.95. The standard InChI is InChI=1S/C24H27Cl2N3O2/c25-20-4-3-5-22(23(20)26)29-11-9-28(10-12-29)8-1-2-13-31-16-6-7-17-18-15-19(18)24(30)27-21(17)14-16/h3-7,14,18-19H,1-2,8-13,15H2,(H,27,30)/i18D. The van der Waals surface area contributed by atoms with Gasteiger partial charge in [-0.1, -0.05) is 35.3 Å². The first-order chi connectivity index (χ1) is 15.5. The summed E-state index contributed by atoms with van der Waals surface area (Å²) in [5.41, 5.74) is 2.66. The zero-order valence-corrected chi connectivity index (χ0v) is 18.9. The molecule has 1 saturated heterocycles. The number of carbonyl (C=O) groups excluding carboxylic acids is 1. The van der Waals surface area contributed by atoms with Gasteiger partial charge < -0.3 is 15.0 Å². The van der Waals surface area contributed by atoms with Crippen molar-refractivity contribution in [3.05, 3.63) is 52.0 Å². The van der Waals surface area contributed by atoms with Gasteiger partial charge in [0.05, 0.1) is 22.3 Å². The minimum atomic E-state index is -0.724. The van der Waals surface area contributed by atoms with Crippen LogP contribution in [0.1, 0.15) is 32.1 Å². The summed E-state index contributed by atoms with van der Waals surface area (Å²) in [7, 11) is 0. The number of fused-ring (bicyclic) bond motifs is 3. The van der Waals surface area contributed by atoms with Gasteiger partial charge in [-0.2, -0.15) is 0 Å². The zero-order chi connectivity index (χ0) is 22.3. The van der Waals surface area contributed by atoms with Gasteiger partial charge in [0.15, 0.2) is 0 Å². The maximum atomic E-state index is 12.0. The van der Waals surface area contributed by atoms with Gasteiger partial charge in [0, 0.05) is 45.2 Å². The van der Waals surface area contributed by atoms with E-state index < -0.39 is 5.89 Å². The Morgan fingerprint density at radius 3 is 2.81 bits per heavy atom. The van der Waals surface area contributed by atoms with Crippen LogP contribution in [-0.2, 0) is 4.79 Å². The van der Waals surface area contributed by atoms with Crippen LogP contribution in [0.3, 0.4) is 0 Å². The number of nitrogens with one attached hydrogen (secondary N) is 1. The summed E-state index contributed by atoms with van der Waals surface area (Å²) < 4.78 is 14.3. The van der Waals surface area contributed by atoms with Crippen LogP contribution < -0.4 is 15.0 Å². The van der Waals surface area contributed by atoms with Gasteiger partial charge in [0.1, 0.15) is 5.75 Å². The van der Waals surface area contributed by atoms with Crippen molar-refractivity contribution in [2.24, 2.45) is 5.92 Å². The van der Waals surface area contributed by atoms with Gasteiger partial charge >= 0.3 is 0 Å². The van der Waals surface area contributed by atoms with Crippen LogP contribution in [-0.4, -0.2) is 50.1 Å². The van der Waals surface area contributed by atoms with Crippen molar-refractivity contribution in [3.8, 4) is 5.75 Å². The topological polar surface area (TPSA) is 44.8 Å². The van der Waals surface area contributed by atoms with Gasteiger partial charge in [-0.25, -0.2) is 0 Å². The number of amides is 1. The van der Waals surface area contributed by atoms with Crippen molar-refractivity contribution in [2.45, 2.75) is 25.2 Å². The van der Waals surface area contributed by atoms with E-state index in [1.807, 2.05) is 36.4 Å². The number of hydrogen-bond acceptors (Lipinski definition) is 4. The first kappa shape index (κ1) is 19.7. The molecule has 2 heterocycles. The SMILES string of the molecule is [2H]C12CC1C(=O)Nc1cc(OCCCCN3CCN(c4cccc(Cl)c4Cl)CC3)ccc12. The molecule has 2 atom stereocenters. The monoisotopic (exact) mass is 460 g/mol. The molecule has 1 amide bonds. The third kappa shape index (κ3) is 4.50. The molecule has 2 unspecified atom stereocenters. The summed E-state index contributed by atoms with van der Waals surface area (Å²) in [6.07, 6.45) is 2.65. The molecule has 2 aromatic carbocycles. The molecule has 2 aromatic rings. The third-order valence-corrected chi connectivity index (χ3v) is 7.19. The van der Waals surface area contributed by atoms with E-state index in [0.717, 1.165) is 68.3 Å². The Bertz CT molecular complexity index is 1030. The Kier molecular flexibility index (Phi) is 5.65. The second kappa shape index (κ2) is 8.89. The highest BCUT2D eigenvalue weighted by Gasteiger charge is 2.48. The molecule has 1 saturated carbocycles. The largest absolute Gasteiger partial charge is 0.494 e. The molecule has 31 heavy (non-hydrogen) atoms. The summed E-state index contributed by atoms with van der Waals surface area (Å²) in [4.78, 5) is 16.8. The van der Waals surface area contributed by atoms with Crippen LogP contribution in [0.25, 0.3) is 0 Å². The molecule has 164 valence electrons. The second-order valence-electron chi connectivity index (χ2n) is 8.44. The second-order valence-corrected chi connectivity index (χ2v) is 9.22. The average molecular weight is 461 g/mol. The molecule has 0 radical (unpaired) electrons. The summed E-state index contributed by atoms with van der Waals surface area (Å²) >= 11 is 12.5. The summed E-state index contributed by atoms with van der Waals surface area (Å²) in [6, 6.07) is 11.5.